The van der Waals surface area contributed by atoms with Gasteiger partial charge in [0.05, 0.1) is 59.5 Å². The summed E-state index contributed by atoms with van der Waals surface area (Å²) in [6.45, 7) is 34.6. The summed E-state index contributed by atoms with van der Waals surface area (Å²) >= 11 is 0. The molecule has 26 heteroatoms. The maximum Gasteiger partial charge on any atom is 1.00 e. The molecule has 0 unspecified atom stereocenters. The topological polar surface area (TPSA) is 305 Å². The van der Waals surface area contributed by atoms with E-state index >= 15 is 0 Å². The van der Waals surface area contributed by atoms with Crippen molar-refractivity contribution in [3.63, 3.8) is 0 Å². The van der Waals surface area contributed by atoms with Crippen molar-refractivity contribution in [3.8, 4) is 0 Å². The third kappa shape index (κ3) is 25.5. The number of hydrogen-bond donors (Lipinski definition) is 2. The van der Waals surface area contributed by atoms with Gasteiger partial charge in [0.2, 0.25) is 6.54 Å². The molecule has 12 rings (SSSR count). The third-order valence-corrected chi connectivity index (χ3v) is 12.3. The van der Waals surface area contributed by atoms with E-state index in [1.807, 2.05) is 124 Å². The number of ketones is 2. The van der Waals surface area contributed by atoms with Gasteiger partial charge in [-0.1, -0.05) is 135 Å². The quantitative estimate of drug-likeness (QED) is 0.0883. The van der Waals surface area contributed by atoms with Crippen molar-refractivity contribution in [3.05, 3.63) is 174 Å². The molecule has 0 radical (unpaired) electrons. The Morgan fingerprint density at radius 3 is 1.21 bits per heavy atom. The number of fused-ring (bicyclic) bond motifs is 4. The van der Waals surface area contributed by atoms with Crippen LogP contribution in [-0.4, -0.2) is 135 Å². The number of aliphatic carboxylic acids is 1. The van der Waals surface area contributed by atoms with Crippen LogP contribution in [0.1, 0.15) is 96.9 Å². The van der Waals surface area contributed by atoms with Crippen LogP contribution in [0.2, 0.25) is 0 Å². The van der Waals surface area contributed by atoms with Gasteiger partial charge in [0.1, 0.15) is 6.54 Å². The molecule has 0 atom stereocenters. The standard InChI is InChI=1S/C18H19N5O2.C10H14N2.C9H9N3O2.C9H9N3O.C8H7N3O3.6C2H6.Li.H2O/c24-17(14-22-18-15(13-19-22)5-4-8-23(18)25)21-11-9-20(10-12-21)16-6-2-1-3-7-16;1-2-4-10(5-3-1)12-8-6-11-7-9-12;1-7(13)6-11-9-8(5-10-11)3-2-4-12(9)14;1-7(13)6-12-9-8(5-11-12)3-2-4-10-9;12-7(13)5-10-8-6(4-9-10)2-1-3-11(8)14;6*1-2;;/h1-8,13H,9-12,14H2;1-5,11H,6-9H2;2-5H,6H2,1H3;2-5H,6H2,1H3;1-4H,5H2,(H,12,13);6*1-2H3;;1H2/q;;;;;;;;;;;+1;/p-1. The van der Waals surface area contributed by atoms with E-state index in [1.165, 1.54) is 59.4 Å². The maximum atomic E-state index is 12.6. The van der Waals surface area contributed by atoms with Crippen LogP contribution in [0.15, 0.2) is 159 Å². The van der Waals surface area contributed by atoms with Crippen LogP contribution in [0.25, 0.3) is 44.1 Å². The predicted octanol–water partition coefficient (Wildman–Crippen LogP) is 6.13. The molecule has 10 heterocycles. The average molecular weight is 1260 g/mol. The van der Waals surface area contributed by atoms with Gasteiger partial charge in [-0.25, -0.2) is 28.7 Å². The zero-order valence-electron chi connectivity index (χ0n) is 56.5. The molecule has 8 aromatic heterocycles. The van der Waals surface area contributed by atoms with E-state index in [0.29, 0.717) is 45.8 Å². The molecule has 10 aromatic rings. The SMILES string of the molecule is CC.CC.CC.CC.CC.CC.CC(=O)Cn1ncc2ccc[n+]([O-])c21.CC(=O)Cn1ncc2cccnc21.O=C(Cn1ncc2ccc[n+]([O-])c21)N1CCN(c2ccccc2)CC1.O=C(O)Cn1ncc2ccc[n+]([O-])c21.[Li+].[OH-].c1ccc(N2CCNCC2)cc1. The van der Waals surface area contributed by atoms with Crippen molar-refractivity contribution in [1.29, 1.82) is 0 Å². The van der Waals surface area contributed by atoms with Gasteiger partial charge in [0.25, 0.3) is 5.91 Å². The molecule has 3 N–H and O–H groups in total. The minimum atomic E-state index is -1.03. The molecule has 2 fully saturated rings. The number of anilines is 2. The molecule has 2 saturated heterocycles. The monoisotopic (exact) mass is 1260 g/mol. The molecule has 92 heavy (non-hydrogen) atoms. The van der Waals surface area contributed by atoms with Crippen molar-refractivity contribution >= 4 is 79.0 Å². The zero-order chi connectivity index (χ0) is 67.0. The first-order chi connectivity index (χ1) is 43.8. The van der Waals surface area contributed by atoms with Gasteiger partial charge in [-0.05, 0) is 86.6 Å². The number of carbonyl (C=O) groups excluding carboxylic acids is 3. The van der Waals surface area contributed by atoms with Gasteiger partial charge < -0.3 is 46.2 Å². The van der Waals surface area contributed by atoms with E-state index in [1.54, 1.807) is 59.8 Å². The molecule has 25 nitrogen and oxygen atoms in total. The summed E-state index contributed by atoms with van der Waals surface area (Å²) in [5.74, 6) is -0.991. The van der Waals surface area contributed by atoms with Gasteiger partial charge in [0, 0.05) is 75.3 Å². The summed E-state index contributed by atoms with van der Waals surface area (Å²) in [7, 11) is 0. The predicted molar refractivity (Wildman–Crippen MR) is 359 cm³/mol. The van der Waals surface area contributed by atoms with E-state index < -0.39 is 5.97 Å². The maximum absolute atomic E-state index is 12.6. The van der Waals surface area contributed by atoms with E-state index in [-0.39, 0.29) is 67.1 Å². The number of piperazine rings is 2. The first-order valence-electron chi connectivity index (χ1n) is 31.0. The molecular formula is C66H95LiN16O9. The van der Waals surface area contributed by atoms with Crippen molar-refractivity contribution in [1.82, 2.24) is 54.3 Å². The number of para-hydroxylation sites is 2. The van der Waals surface area contributed by atoms with Crippen molar-refractivity contribution in [2.45, 2.75) is 123 Å². The van der Waals surface area contributed by atoms with Crippen LogP contribution in [0.5, 0.6) is 0 Å². The smallest absolute Gasteiger partial charge is 0.870 e. The van der Waals surface area contributed by atoms with E-state index in [2.05, 4.69) is 83.0 Å². The number of aromatic nitrogens is 12. The molecule has 2 aliphatic rings. The van der Waals surface area contributed by atoms with E-state index in [4.69, 9.17) is 5.11 Å². The number of carboxylic acids is 1. The van der Waals surface area contributed by atoms with Gasteiger partial charge in [-0.3, -0.25) is 14.4 Å². The van der Waals surface area contributed by atoms with Crippen LogP contribution < -0.4 is 48.2 Å². The van der Waals surface area contributed by atoms with Crippen LogP contribution >= 0.6 is 0 Å². The Morgan fingerprint density at radius 2 is 0.804 bits per heavy atom. The van der Waals surface area contributed by atoms with E-state index in [9.17, 15) is 34.8 Å². The fraction of sp³-hybridized carbons (Fsp3) is 0.394. The second-order valence-electron chi connectivity index (χ2n) is 18.0. The van der Waals surface area contributed by atoms with E-state index in [0.717, 1.165) is 70.5 Å². The fourth-order valence-corrected chi connectivity index (χ4v) is 8.71. The van der Waals surface area contributed by atoms with Gasteiger partial charge in [-0.2, -0.15) is 5.10 Å². The summed E-state index contributed by atoms with van der Waals surface area (Å²) in [5.41, 5.74) is 4.38. The number of carboxylic acid groups (broad SMARTS) is 1. The summed E-state index contributed by atoms with van der Waals surface area (Å²) in [6.07, 6.45) is 12.2. The molecule has 0 spiro atoms. The van der Waals surface area contributed by atoms with Crippen molar-refractivity contribution < 1.29 is 62.8 Å². The summed E-state index contributed by atoms with van der Waals surface area (Å²) < 4.78 is 7.72. The van der Waals surface area contributed by atoms with Crippen molar-refractivity contribution in [2.75, 3.05) is 62.2 Å². The van der Waals surface area contributed by atoms with Gasteiger partial charge >= 0.3 is 41.8 Å². The van der Waals surface area contributed by atoms with Gasteiger partial charge in [0.15, 0.2) is 30.3 Å². The Kier molecular flexibility index (Phi) is 42.0. The number of Topliss-reactive ketones (excluding diaryl/α,β-unsaturated/α-hetero) is 2. The molecule has 494 valence electrons. The number of nitrogens with one attached hydrogen (secondary N) is 1. The Hall–Kier alpha value is -9.28. The Morgan fingerprint density at radius 1 is 0.457 bits per heavy atom. The molecule has 1 amide bonds. The number of rotatable bonds is 10. The number of benzene rings is 2. The molecule has 0 bridgehead atoms. The van der Waals surface area contributed by atoms with Crippen molar-refractivity contribution in [2.24, 2.45) is 0 Å². The largest absolute Gasteiger partial charge is 1.00 e. The second-order valence-corrected chi connectivity index (χ2v) is 18.0. The van der Waals surface area contributed by atoms with Crippen LogP contribution in [0.3, 0.4) is 0 Å². The summed E-state index contributed by atoms with van der Waals surface area (Å²) in [5, 5.41) is 65.6. The number of pyridine rings is 4. The number of carbonyl (C=O) groups is 4. The first kappa shape index (κ1) is 82.7. The number of nitrogens with zero attached hydrogens (tertiary/aromatic N) is 15. The first-order valence-corrected chi connectivity index (χ1v) is 31.0. The summed E-state index contributed by atoms with van der Waals surface area (Å²) in [6, 6.07) is 34.8. The van der Waals surface area contributed by atoms with Gasteiger partial charge in [-0.15, -0.1) is 14.0 Å². The Balaban J connectivity index is 0.00000110. The molecular weight excluding hydrogens is 1170 g/mol. The normalized spacial score (nSPS) is 11.5. The minimum absolute atomic E-state index is 0. The Labute approximate surface area is 553 Å². The molecule has 2 aromatic carbocycles. The second kappa shape index (κ2) is 46.7. The Bertz CT molecular complexity index is 3530. The number of amides is 1. The van der Waals surface area contributed by atoms with Crippen LogP contribution in [0, 0.1) is 15.6 Å². The van der Waals surface area contributed by atoms with Crippen LogP contribution in [-0.2, 0) is 45.4 Å². The fourth-order valence-electron chi connectivity index (χ4n) is 8.71. The molecule has 0 saturated carbocycles. The molecule has 0 aliphatic carbocycles. The zero-order valence-corrected chi connectivity index (χ0v) is 56.5. The van der Waals surface area contributed by atoms with Crippen LogP contribution in [0.4, 0.5) is 11.4 Å². The third-order valence-electron chi connectivity index (χ3n) is 12.3. The number of hydrogen-bond acceptors (Lipinski definition) is 16. The molecule has 2 aliphatic heterocycles. The summed E-state index contributed by atoms with van der Waals surface area (Å²) in [4.78, 5) is 55.5. The minimum Gasteiger partial charge on any atom is -0.870 e. The average Bonchev–Trinajstić information content (AvgIpc) is 1.92.